The van der Waals surface area contributed by atoms with Gasteiger partial charge in [-0.05, 0) is 61.1 Å². The van der Waals surface area contributed by atoms with Gasteiger partial charge in [0, 0.05) is 36.9 Å². The molecule has 1 N–H and O–H groups in total. The van der Waals surface area contributed by atoms with Gasteiger partial charge >= 0.3 is 0 Å². The minimum atomic E-state index is -3.54. The van der Waals surface area contributed by atoms with Crippen LogP contribution in [0.5, 0.6) is 5.75 Å². The largest absolute Gasteiger partial charge is 0.497 e. The van der Waals surface area contributed by atoms with Gasteiger partial charge in [-0.3, -0.25) is 0 Å². The summed E-state index contributed by atoms with van der Waals surface area (Å²) in [5.41, 5.74) is 1.89. The van der Waals surface area contributed by atoms with Gasteiger partial charge in [0.25, 0.3) is 0 Å². The van der Waals surface area contributed by atoms with Gasteiger partial charge in [0.1, 0.15) is 5.75 Å². The predicted octanol–water partition coefficient (Wildman–Crippen LogP) is 3.36. The van der Waals surface area contributed by atoms with Gasteiger partial charge in [-0.25, -0.2) is 8.42 Å². The van der Waals surface area contributed by atoms with Crippen molar-refractivity contribution in [3.8, 4) is 5.75 Å². The molecule has 0 unspecified atom stereocenters. The zero-order valence-corrected chi connectivity index (χ0v) is 18.1. The Morgan fingerprint density at radius 3 is 2.36 bits per heavy atom. The van der Waals surface area contributed by atoms with Crippen LogP contribution in [0, 0.1) is 6.92 Å². The highest BCUT2D eigenvalue weighted by molar-refractivity contribution is 7.89. The molecule has 3 rings (SSSR count). The summed E-state index contributed by atoms with van der Waals surface area (Å²) in [6.07, 6.45) is 0. The van der Waals surface area contributed by atoms with Gasteiger partial charge in [0.15, 0.2) is 5.11 Å². The highest BCUT2D eigenvalue weighted by Crippen LogP contribution is 2.23. The number of aryl methyl sites for hydroxylation is 1. The van der Waals surface area contributed by atoms with Crippen molar-refractivity contribution in [3.63, 3.8) is 0 Å². The second-order valence-corrected chi connectivity index (χ2v) is 9.22. The van der Waals surface area contributed by atoms with Crippen LogP contribution in [0.4, 0.5) is 5.69 Å². The van der Waals surface area contributed by atoms with Crippen molar-refractivity contribution in [1.82, 2.24) is 9.21 Å². The SMILES string of the molecule is COc1ccc(S(=O)(=O)N2CCN(C(=S)Nc3cc(Cl)ccc3C)CC2)cc1. The first kappa shape index (κ1) is 20.9. The van der Waals surface area contributed by atoms with E-state index in [4.69, 9.17) is 28.6 Å². The third-order valence-electron chi connectivity index (χ3n) is 4.66. The number of ether oxygens (including phenoxy) is 1. The molecule has 0 amide bonds. The maximum absolute atomic E-state index is 12.8. The fourth-order valence-corrected chi connectivity index (χ4v) is 4.84. The molecule has 0 aromatic heterocycles. The third-order valence-corrected chi connectivity index (χ3v) is 7.17. The van der Waals surface area contributed by atoms with E-state index < -0.39 is 10.0 Å². The number of halogens is 1. The molecule has 1 aliphatic rings. The number of rotatable bonds is 4. The number of thiocarbonyl (C=S) groups is 1. The Labute approximate surface area is 176 Å². The van der Waals surface area contributed by atoms with Crippen molar-refractivity contribution in [2.75, 3.05) is 38.6 Å². The summed E-state index contributed by atoms with van der Waals surface area (Å²) in [4.78, 5) is 2.23. The number of sulfonamides is 1. The molecule has 0 spiro atoms. The molecule has 1 saturated heterocycles. The van der Waals surface area contributed by atoms with Gasteiger partial charge in [-0.15, -0.1) is 0 Å². The Kier molecular flexibility index (Phi) is 6.44. The minimum Gasteiger partial charge on any atom is -0.497 e. The molecule has 1 heterocycles. The molecule has 2 aromatic rings. The molecule has 9 heteroatoms. The summed E-state index contributed by atoms with van der Waals surface area (Å²) in [6, 6.07) is 12.0. The van der Waals surface area contributed by atoms with Crippen LogP contribution in [0.25, 0.3) is 0 Å². The normalized spacial score (nSPS) is 15.3. The van der Waals surface area contributed by atoms with Crippen LogP contribution >= 0.6 is 23.8 Å². The summed E-state index contributed by atoms with van der Waals surface area (Å²) >= 11 is 11.6. The Hall–Kier alpha value is -1.87. The van der Waals surface area contributed by atoms with Crippen LogP contribution in [0.2, 0.25) is 5.02 Å². The predicted molar refractivity (Wildman–Crippen MR) is 116 cm³/mol. The fourth-order valence-electron chi connectivity index (χ4n) is 2.95. The Balaban J connectivity index is 1.63. The lowest BCUT2D eigenvalue weighted by Gasteiger charge is -2.35. The second-order valence-electron chi connectivity index (χ2n) is 6.46. The van der Waals surface area contributed by atoms with E-state index >= 15 is 0 Å². The van der Waals surface area contributed by atoms with Crippen LogP contribution in [-0.4, -0.2) is 56.0 Å². The average Bonchev–Trinajstić information content (AvgIpc) is 2.71. The van der Waals surface area contributed by atoms with E-state index in [1.807, 2.05) is 30.0 Å². The molecule has 0 saturated carbocycles. The number of methoxy groups -OCH3 is 1. The maximum atomic E-state index is 12.8. The molecule has 2 aromatic carbocycles. The molecule has 0 aliphatic carbocycles. The van der Waals surface area contributed by atoms with Crippen molar-refractivity contribution in [2.45, 2.75) is 11.8 Å². The van der Waals surface area contributed by atoms with E-state index in [0.717, 1.165) is 11.3 Å². The molecule has 150 valence electrons. The summed E-state index contributed by atoms with van der Waals surface area (Å²) < 4.78 is 32.3. The monoisotopic (exact) mass is 439 g/mol. The van der Waals surface area contributed by atoms with Crippen LogP contribution in [0.1, 0.15) is 5.56 Å². The van der Waals surface area contributed by atoms with Crippen LogP contribution in [0.3, 0.4) is 0 Å². The quantitative estimate of drug-likeness (QED) is 0.737. The number of hydrogen-bond acceptors (Lipinski definition) is 4. The summed E-state index contributed by atoms with van der Waals surface area (Å²) in [6.45, 7) is 3.73. The Morgan fingerprint density at radius 2 is 1.75 bits per heavy atom. The van der Waals surface area contributed by atoms with E-state index in [2.05, 4.69) is 5.32 Å². The highest BCUT2D eigenvalue weighted by Gasteiger charge is 2.29. The maximum Gasteiger partial charge on any atom is 0.243 e. The van der Waals surface area contributed by atoms with Gasteiger partial charge < -0.3 is 15.0 Å². The van der Waals surface area contributed by atoms with Gasteiger partial charge in [0.05, 0.1) is 12.0 Å². The fraction of sp³-hybridized carbons (Fsp3) is 0.316. The topological polar surface area (TPSA) is 61.9 Å². The lowest BCUT2D eigenvalue weighted by atomic mass is 10.2. The second kappa shape index (κ2) is 8.65. The van der Waals surface area contributed by atoms with Gasteiger partial charge in [-0.1, -0.05) is 17.7 Å². The average molecular weight is 440 g/mol. The van der Waals surface area contributed by atoms with E-state index in [-0.39, 0.29) is 4.90 Å². The number of nitrogens with one attached hydrogen (secondary N) is 1. The first-order chi connectivity index (χ1) is 13.3. The first-order valence-corrected chi connectivity index (χ1v) is 11.0. The van der Waals surface area contributed by atoms with E-state index in [9.17, 15) is 8.42 Å². The zero-order valence-electron chi connectivity index (χ0n) is 15.7. The van der Waals surface area contributed by atoms with Crippen molar-refractivity contribution in [2.24, 2.45) is 0 Å². The lowest BCUT2D eigenvalue weighted by molar-refractivity contribution is 0.268. The number of hydrogen-bond donors (Lipinski definition) is 1. The van der Waals surface area contributed by atoms with E-state index in [1.54, 1.807) is 31.4 Å². The molecule has 1 aliphatic heterocycles. The molecule has 28 heavy (non-hydrogen) atoms. The van der Waals surface area contributed by atoms with Crippen molar-refractivity contribution < 1.29 is 13.2 Å². The Morgan fingerprint density at radius 1 is 1.11 bits per heavy atom. The van der Waals surface area contributed by atoms with Crippen LogP contribution < -0.4 is 10.1 Å². The molecule has 6 nitrogen and oxygen atoms in total. The summed E-state index contributed by atoms with van der Waals surface area (Å²) in [5.74, 6) is 0.622. The third kappa shape index (κ3) is 4.57. The van der Waals surface area contributed by atoms with E-state index in [1.165, 1.54) is 4.31 Å². The smallest absolute Gasteiger partial charge is 0.243 e. The number of anilines is 1. The van der Waals surface area contributed by atoms with Crippen LogP contribution in [-0.2, 0) is 10.0 Å². The molecule has 1 fully saturated rings. The number of nitrogens with zero attached hydrogens (tertiary/aromatic N) is 2. The van der Waals surface area contributed by atoms with Gasteiger partial charge in [-0.2, -0.15) is 4.31 Å². The Bertz CT molecular complexity index is 957. The summed E-state index contributed by atoms with van der Waals surface area (Å²) in [5, 5.41) is 4.40. The standard InChI is InChI=1S/C19H22ClN3O3S2/c1-14-3-4-15(20)13-18(14)21-19(27)22-9-11-23(12-10-22)28(24,25)17-7-5-16(26-2)6-8-17/h3-8,13H,9-12H2,1-2H3,(H,21,27). The number of benzene rings is 2. The molecular weight excluding hydrogens is 418 g/mol. The van der Waals surface area contributed by atoms with E-state index in [0.29, 0.717) is 42.1 Å². The molecule has 0 bridgehead atoms. The summed E-state index contributed by atoms with van der Waals surface area (Å²) in [7, 11) is -1.99. The number of piperazine rings is 1. The van der Waals surface area contributed by atoms with Crippen LogP contribution in [0.15, 0.2) is 47.4 Å². The molecule has 0 radical (unpaired) electrons. The van der Waals surface area contributed by atoms with Crippen molar-refractivity contribution >= 4 is 44.6 Å². The molecular formula is C19H22ClN3O3S2. The minimum absolute atomic E-state index is 0.261. The van der Waals surface area contributed by atoms with Crippen molar-refractivity contribution in [3.05, 3.63) is 53.1 Å². The zero-order chi connectivity index (χ0) is 20.3. The van der Waals surface area contributed by atoms with Gasteiger partial charge in [0.2, 0.25) is 10.0 Å². The first-order valence-electron chi connectivity index (χ1n) is 8.77. The molecule has 0 atom stereocenters. The highest BCUT2D eigenvalue weighted by atomic mass is 35.5. The van der Waals surface area contributed by atoms with Crippen molar-refractivity contribution in [1.29, 1.82) is 0 Å². The lowest BCUT2D eigenvalue weighted by Crippen LogP contribution is -2.51.